The molecule has 1 aliphatic rings. The van der Waals surface area contributed by atoms with E-state index in [1.165, 1.54) is 0 Å². The van der Waals surface area contributed by atoms with E-state index in [0.717, 1.165) is 24.9 Å². The predicted octanol–water partition coefficient (Wildman–Crippen LogP) is 1.74. The van der Waals surface area contributed by atoms with Crippen molar-refractivity contribution in [1.82, 2.24) is 4.90 Å². The Kier molecular flexibility index (Phi) is 3.79. The molecule has 3 nitrogen and oxygen atoms in total. The minimum atomic E-state index is -0.0681. The second-order valence-electron chi connectivity index (χ2n) is 4.82. The third-order valence-corrected chi connectivity index (χ3v) is 3.44. The first kappa shape index (κ1) is 12.1. The van der Waals surface area contributed by atoms with Crippen molar-refractivity contribution in [3.8, 4) is 0 Å². The lowest BCUT2D eigenvalue weighted by Crippen LogP contribution is -2.47. The summed E-state index contributed by atoms with van der Waals surface area (Å²) in [6, 6.07) is 10.1. The van der Waals surface area contributed by atoms with Gasteiger partial charge in [-0.05, 0) is 25.3 Å². The van der Waals surface area contributed by atoms with Gasteiger partial charge in [-0.3, -0.25) is 4.79 Å². The highest BCUT2D eigenvalue weighted by Crippen LogP contribution is 2.20. The molecule has 1 aromatic rings. The van der Waals surface area contributed by atoms with Gasteiger partial charge in [0.15, 0.2) is 0 Å². The molecule has 17 heavy (non-hydrogen) atoms. The maximum atomic E-state index is 12.3. The molecule has 2 rings (SSSR count). The Hall–Kier alpha value is -1.35. The Morgan fingerprint density at radius 3 is 2.76 bits per heavy atom. The van der Waals surface area contributed by atoms with Crippen LogP contribution in [0.25, 0.3) is 0 Å². The van der Waals surface area contributed by atoms with Crippen LogP contribution in [0.4, 0.5) is 0 Å². The molecule has 0 saturated carbocycles. The van der Waals surface area contributed by atoms with Crippen molar-refractivity contribution in [2.24, 2.45) is 5.73 Å². The maximum Gasteiger partial charge on any atom is 0.229 e. The van der Waals surface area contributed by atoms with Gasteiger partial charge in [0, 0.05) is 19.1 Å². The van der Waals surface area contributed by atoms with Gasteiger partial charge in [0.2, 0.25) is 5.91 Å². The average Bonchev–Trinajstić information content (AvgIpc) is 2.38. The molecule has 0 spiro atoms. The highest BCUT2D eigenvalue weighted by atomic mass is 16.2. The number of carbonyl (C=O) groups excluding carboxylic acids is 1. The number of rotatable bonds is 2. The fraction of sp³-hybridized carbons (Fsp3) is 0.500. The van der Waals surface area contributed by atoms with Crippen LogP contribution in [0.1, 0.15) is 31.2 Å². The molecule has 0 bridgehead atoms. The van der Waals surface area contributed by atoms with E-state index in [2.05, 4.69) is 0 Å². The molecule has 1 aliphatic heterocycles. The van der Waals surface area contributed by atoms with Crippen LogP contribution in [0, 0.1) is 0 Å². The quantitative estimate of drug-likeness (QED) is 0.844. The van der Waals surface area contributed by atoms with Crippen LogP contribution in [-0.2, 0) is 4.79 Å². The molecular formula is C14H20N2O. The summed E-state index contributed by atoms with van der Waals surface area (Å²) in [6.45, 7) is 3.53. The Morgan fingerprint density at radius 2 is 2.12 bits per heavy atom. The highest BCUT2D eigenvalue weighted by molar-refractivity contribution is 5.83. The minimum absolute atomic E-state index is 0.0681. The van der Waals surface area contributed by atoms with Crippen molar-refractivity contribution in [1.29, 1.82) is 0 Å². The van der Waals surface area contributed by atoms with Crippen LogP contribution in [-0.4, -0.2) is 29.9 Å². The molecule has 1 fully saturated rings. The topological polar surface area (TPSA) is 46.3 Å². The lowest BCUT2D eigenvalue weighted by Gasteiger charge is -2.32. The molecule has 0 unspecified atom stereocenters. The largest absolute Gasteiger partial charge is 0.341 e. The highest BCUT2D eigenvalue weighted by Gasteiger charge is 2.25. The van der Waals surface area contributed by atoms with E-state index in [4.69, 9.17) is 5.73 Å². The minimum Gasteiger partial charge on any atom is -0.341 e. The number of amides is 1. The lowest BCUT2D eigenvalue weighted by molar-refractivity contribution is -0.133. The molecule has 1 amide bonds. The molecule has 2 N–H and O–H groups in total. The predicted molar refractivity (Wildman–Crippen MR) is 68.6 cm³/mol. The maximum absolute atomic E-state index is 12.3. The number of benzene rings is 1. The fourth-order valence-corrected chi connectivity index (χ4v) is 2.37. The van der Waals surface area contributed by atoms with Crippen LogP contribution in [0.15, 0.2) is 30.3 Å². The van der Waals surface area contributed by atoms with E-state index in [1.54, 1.807) is 0 Å². The van der Waals surface area contributed by atoms with Crippen LogP contribution in [0.3, 0.4) is 0 Å². The smallest absolute Gasteiger partial charge is 0.229 e. The number of hydrogen-bond donors (Lipinski definition) is 1. The SMILES string of the molecule is C[C@@H](C(=O)N1CCC[C@@H](N)C1)c1ccccc1. The molecule has 1 heterocycles. The van der Waals surface area contributed by atoms with Crippen LogP contribution in [0.2, 0.25) is 0 Å². The van der Waals surface area contributed by atoms with Crippen molar-refractivity contribution >= 4 is 5.91 Å². The summed E-state index contributed by atoms with van der Waals surface area (Å²) in [7, 11) is 0. The Labute approximate surface area is 103 Å². The third-order valence-electron chi connectivity index (χ3n) is 3.44. The van der Waals surface area contributed by atoms with E-state index in [9.17, 15) is 4.79 Å². The monoisotopic (exact) mass is 232 g/mol. The van der Waals surface area contributed by atoms with Crippen molar-refractivity contribution in [3.63, 3.8) is 0 Å². The Morgan fingerprint density at radius 1 is 1.41 bits per heavy atom. The summed E-state index contributed by atoms with van der Waals surface area (Å²) >= 11 is 0. The van der Waals surface area contributed by atoms with Crippen molar-refractivity contribution in [3.05, 3.63) is 35.9 Å². The van der Waals surface area contributed by atoms with E-state index >= 15 is 0 Å². The molecule has 92 valence electrons. The molecule has 1 aromatic carbocycles. The van der Waals surface area contributed by atoms with Gasteiger partial charge >= 0.3 is 0 Å². The molecule has 0 radical (unpaired) electrons. The van der Waals surface area contributed by atoms with E-state index < -0.39 is 0 Å². The van der Waals surface area contributed by atoms with E-state index in [1.807, 2.05) is 42.2 Å². The number of nitrogens with zero attached hydrogens (tertiary/aromatic N) is 1. The van der Waals surface area contributed by atoms with Crippen molar-refractivity contribution < 1.29 is 4.79 Å². The lowest BCUT2D eigenvalue weighted by atomic mass is 9.98. The third kappa shape index (κ3) is 2.86. The van der Waals surface area contributed by atoms with Gasteiger partial charge in [-0.15, -0.1) is 0 Å². The first-order chi connectivity index (χ1) is 8.18. The summed E-state index contributed by atoms with van der Waals surface area (Å²) in [5.41, 5.74) is 6.99. The van der Waals surface area contributed by atoms with Gasteiger partial charge in [0.05, 0.1) is 5.92 Å². The van der Waals surface area contributed by atoms with Crippen LogP contribution >= 0.6 is 0 Å². The first-order valence-electron chi connectivity index (χ1n) is 6.28. The van der Waals surface area contributed by atoms with Gasteiger partial charge in [0.25, 0.3) is 0 Å². The summed E-state index contributed by atoms with van der Waals surface area (Å²) in [6.07, 6.45) is 2.05. The van der Waals surface area contributed by atoms with Gasteiger partial charge in [0.1, 0.15) is 0 Å². The van der Waals surface area contributed by atoms with Crippen molar-refractivity contribution in [2.45, 2.75) is 31.7 Å². The molecule has 2 atom stereocenters. The molecule has 0 aromatic heterocycles. The number of likely N-dealkylation sites (tertiary alicyclic amines) is 1. The van der Waals surface area contributed by atoms with Gasteiger partial charge in [-0.25, -0.2) is 0 Å². The Bertz CT molecular complexity index is 377. The van der Waals surface area contributed by atoms with Gasteiger partial charge < -0.3 is 10.6 Å². The number of carbonyl (C=O) groups is 1. The van der Waals surface area contributed by atoms with Gasteiger partial charge in [-0.2, -0.15) is 0 Å². The number of piperidine rings is 1. The zero-order valence-electron chi connectivity index (χ0n) is 10.3. The standard InChI is InChI=1S/C14H20N2O/c1-11(12-6-3-2-4-7-12)14(17)16-9-5-8-13(15)10-16/h2-4,6-7,11,13H,5,8-10,15H2,1H3/t11-,13-/m1/s1. The van der Waals surface area contributed by atoms with Crippen molar-refractivity contribution in [2.75, 3.05) is 13.1 Å². The average molecular weight is 232 g/mol. The van der Waals surface area contributed by atoms with Gasteiger partial charge in [-0.1, -0.05) is 30.3 Å². The summed E-state index contributed by atoms with van der Waals surface area (Å²) in [5.74, 6) is 0.132. The van der Waals surface area contributed by atoms with Crippen LogP contribution < -0.4 is 5.73 Å². The first-order valence-corrected chi connectivity index (χ1v) is 6.28. The number of hydrogen-bond acceptors (Lipinski definition) is 2. The number of nitrogens with two attached hydrogens (primary N) is 1. The normalized spacial score (nSPS) is 22.2. The Balaban J connectivity index is 2.04. The zero-order chi connectivity index (χ0) is 12.3. The second-order valence-corrected chi connectivity index (χ2v) is 4.82. The molecular weight excluding hydrogens is 212 g/mol. The molecule has 3 heteroatoms. The summed E-state index contributed by atoms with van der Waals surface area (Å²) < 4.78 is 0. The summed E-state index contributed by atoms with van der Waals surface area (Å²) in [5, 5.41) is 0. The fourth-order valence-electron chi connectivity index (χ4n) is 2.37. The second kappa shape index (κ2) is 5.32. The molecule has 0 aliphatic carbocycles. The van der Waals surface area contributed by atoms with E-state index in [0.29, 0.717) is 6.54 Å². The van der Waals surface area contributed by atoms with E-state index in [-0.39, 0.29) is 17.9 Å². The zero-order valence-corrected chi connectivity index (χ0v) is 10.3. The summed E-state index contributed by atoms with van der Waals surface area (Å²) in [4.78, 5) is 14.2. The van der Waals surface area contributed by atoms with Crippen LogP contribution in [0.5, 0.6) is 0 Å². The molecule has 1 saturated heterocycles.